The maximum atomic E-state index is 12.5. The van der Waals surface area contributed by atoms with Crippen LogP contribution in [0.15, 0.2) is 6.07 Å². The third-order valence-electron chi connectivity index (χ3n) is 4.50. The summed E-state index contributed by atoms with van der Waals surface area (Å²) < 4.78 is 0. The molecule has 0 unspecified atom stereocenters. The average molecular weight is 333 g/mol. The number of amides is 1. The van der Waals surface area contributed by atoms with E-state index in [0.717, 1.165) is 25.2 Å². The zero-order chi connectivity index (χ0) is 17.7. The van der Waals surface area contributed by atoms with Crippen LogP contribution in [-0.2, 0) is 6.42 Å². The first-order valence-corrected chi connectivity index (χ1v) is 9.02. The van der Waals surface area contributed by atoms with E-state index in [1.54, 1.807) is 6.07 Å². The van der Waals surface area contributed by atoms with E-state index in [-0.39, 0.29) is 11.9 Å². The van der Waals surface area contributed by atoms with E-state index in [0.29, 0.717) is 30.1 Å². The van der Waals surface area contributed by atoms with Crippen LogP contribution >= 0.6 is 0 Å². The molecule has 6 nitrogen and oxygen atoms in total. The SMILES string of the molecule is CC(C)Cc1cc(C(=O)NC[C@@H](C(C)C)N2CCCC2)nc(N)n1. The molecule has 1 fully saturated rings. The minimum absolute atomic E-state index is 0.165. The van der Waals surface area contributed by atoms with Gasteiger partial charge in [0.1, 0.15) is 5.69 Å². The number of anilines is 1. The topological polar surface area (TPSA) is 84.1 Å². The van der Waals surface area contributed by atoms with Crippen LogP contribution in [0.1, 0.15) is 56.7 Å². The van der Waals surface area contributed by atoms with Crippen LogP contribution < -0.4 is 11.1 Å². The molecule has 0 aliphatic carbocycles. The second-order valence-electron chi connectivity index (χ2n) is 7.47. The Bertz CT molecular complexity index is 552. The fourth-order valence-electron chi connectivity index (χ4n) is 3.30. The molecule has 24 heavy (non-hydrogen) atoms. The van der Waals surface area contributed by atoms with E-state index < -0.39 is 0 Å². The number of rotatable bonds is 7. The van der Waals surface area contributed by atoms with Gasteiger partial charge in [-0.1, -0.05) is 27.7 Å². The molecule has 1 aromatic heterocycles. The first-order valence-electron chi connectivity index (χ1n) is 9.02. The molecular weight excluding hydrogens is 302 g/mol. The van der Waals surface area contributed by atoms with E-state index in [4.69, 9.17) is 5.73 Å². The highest BCUT2D eigenvalue weighted by molar-refractivity contribution is 5.92. The van der Waals surface area contributed by atoms with Crippen molar-refractivity contribution in [1.82, 2.24) is 20.2 Å². The summed E-state index contributed by atoms with van der Waals surface area (Å²) in [4.78, 5) is 23.3. The number of hydrogen-bond donors (Lipinski definition) is 2. The fraction of sp³-hybridized carbons (Fsp3) is 0.722. The first kappa shape index (κ1) is 18.6. The standard InChI is InChI=1S/C18H31N5O/c1-12(2)9-14-10-15(22-18(19)21-14)17(24)20-11-16(13(3)4)23-7-5-6-8-23/h10,12-13,16H,5-9,11H2,1-4H3,(H,20,24)(H2,19,21,22)/t16-/m0/s1. The Morgan fingerprint density at radius 3 is 2.50 bits per heavy atom. The fourth-order valence-corrected chi connectivity index (χ4v) is 3.30. The molecule has 1 aliphatic heterocycles. The molecule has 1 atom stereocenters. The number of nitrogen functional groups attached to an aromatic ring is 1. The van der Waals surface area contributed by atoms with Crippen LogP contribution in [0.3, 0.4) is 0 Å². The van der Waals surface area contributed by atoms with Crippen molar-refractivity contribution in [2.75, 3.05) is 25.4 Å². The molecule has 3 N–H and O–H groups in total. The van der Waals surface area contributed by atoms with Crippen molar-refractivity contribution in [3.8, 4) is 0 Å². The quantitative estimate of drug-likeness (QED) is 0.798. The number of nitrogens with zero attached hydrogens (tertiary/aromatic N) is 3. The molecule has 2 rings (SSSR count). The summed E-state index contributed by atoms with van der Waals surface area (Å²) in [5, 5.41) is 3.04. The molecular formula is C18H31N5O. The van der Waals surface area contributed by atoms with Gasteiger partial charge in [0.2, 0.25) is 5.95 Å². The summed E-state index contributed by atoms with van der Waals surface area (Å²) in [6.07, 6.45) is 3.28. The monoisotopic (exact) mass is 333 g/mol. The number of nitrogens with two attached hydrogens (primary N) is 1. The Morgan fingerprint density at radius 1 is 1.25 bits per heavy atom. The van der Waals surface area contributed by atoms with E-state index in [1.165, 1.54) is 12.8 Å². The molecule has 0 aromatic carbocycles. The van der Waals surface area contributed by atoms with Gasteiger partial charge in [-0.15, -0.1) is 0 Å². The number of hydrogen-bond acceptors (Lipinski definition) is 5. The van der Waals surface area contributed by atoms with E-state index in [1.807, 2.05) is 0 Å². The smallest absolute Gasteiger partial charge is 0.270 e. The second kappa shape index (κ2) is 8.42. The van der Waals surface area contributed by atoms with Crippen molar-refractivity contribution in [3.05, 3.63) is 17.5 Å². The lowest BCUT2D eigenvalue weighted by Crippen LogP contribution is -2.45. The van der Waals surface area contributed by atoms with Crippen molar-refractivity contribution < 1.29 is 4.79 Å². The number of carbonyl (C=O) groups is 1. The lowest BCUT2D eigenvalue weighted by molar-refractivity contribution is 0.0922. The maximum Gasteiger partial charge on any atom is 0.270 e. The van der Waals surface area contributed by atoms with Gasteiger partial charge in [-0.25, -0.2) is 9.97 Å². The number of likely N-dealkylation sites (tertiary alicyclic amines) is 1. The molecule has 0 saturated carbocycles. The summed E-state index contributed by atoms with van der Waals surface area (Å²) in [7, 11) is 0. The molecule has 0 spiro atoms. The van der Waals surface area contributed by atoms with Crippen molar-refractivity contribution in [3.63, 3.8) is 0 Å². The molecule has 1 aliphatic rings. The zero-order valence-electron chi connectivity index (χ0n) is 15.4. The summed E-state index contributed by atoms with van der Waals surface area (Å²) in [6, 6.07) is 2.12. The average Bonchev–Trinajstić information content (AvgIpc) is 2.99. The molecule has 1 aromatic rings. The van der Waals surface area contributed by atoms with Crippen molar-refractivity contribution in [2.24, 2.45) is 11.8 Å². The number of aromatic nitrogens is 2. The van der Waals surface area contributed by atoms with Gasteiger partial charge in [-0.05, 0) is 50.3 Å². The zero-order valence-corrected chi connectivity index (χ0v) is 15.4. The van der Waals surface area contributed by atoms with Crippen LogP contribution in [0.5, 0.6) is 0 Å². The Balaban J connectivity index is 2.01. The predicted octanol–water partition coefficient (Wildman–Crippen LogP) is 2.11. The first-order chi connectivity index (χ1) is 11.4. The van der Waals surface area contributed by atoms with E-state index in [2.05, 4.69) is 47.9 Å². The molecule has 1 amide bonds. The van der Waals surface area contributed by atoms with Crippen molar-refractivity contribution >= 4 is 11.9 Å². The molecule has 0 radical (unpaired) electrons. The van der Waals surface area contributed by atoms with Gasteiger partial charge < -0.3 is 11.1 Å². The van der Waals surface area contributed by atoms with Gasteiger partial charge in [-0.2, -0.15) is 0 Å². The lowest BCUT2D eigenvalue weighted by Gasteiger charge is -2.30. The van der Waals surface area contributed by atoms with Crippen molar-refractivity contribution in [2.45, 2.75) is 53.0 Å². The van der Waals surface area contributed by atoms with Gasteiger partial charge in [0.15, 0.2) is 0 Å². The Hall–Kier alpha value is -1.69. The van der Waals surface area contributed by atoms with Crippen LogP contribution in [-0.4, -0.2) is 46.5 Å². The molecule has 1 saturated heterocycles. The van der Waals surface area contributed by atoms with Crippen LogP contribution in [0.4, 0.5) is 5.95 Å². The highest BCUT2D eigenvalue weighted by atomic mass is 16.1. The molecule has 134 valence electrons. The minimum atomic E-state index is -0.168. The van der Waals surface area contributed by atoms with Crippen molar-refractivity contribution in [1.29, 1.82) is 0 Å². The van der Waals surface area contributed by atoms with Gasteiger partial charge in [0.05, 0.1) is 0 Å². The van der Waals surface area contributed by atoms with E-state index >= 15 is 0 Å². The predicted molar refractivity (Wildman–Crippen MR) is 96.8 cm³/mol. The van der Waals surface area contributed by atoms with Gasteiger partial charge in [-0.3, -0.25) is 9.69 Å². The molecule has 2 heterocycles. The highest BCUT2D eigenvalue weighted by Gasteiger charge is 2.25. The van der Waals surface area contributed by atoms with Gasteiger partial charge in [0.25, 0.3) is 5.91 Å². The summed E-state index contributed by atoms with van der Waals surface area (Å²) in [5.41, 5.74) is 6.95. The minimum Gasteiger partial charge on any atom is -0.368 e. The largest absolute Gasteiger partial charge is 0.368 e. The number of nitrogens with one attached hydrogen (secondary N) is 1. The summed E-state index contributed by atoms with van der Waals surface area (Å²) in [5.74, 6) is 0.947. The maximum absolute atomic E-state index is 12.5. The Labute approximate surface area is 145 Å². The van der Waals surface area contributed by atoms with Gasteiger partial charge in [0, 0.05) is 18.3 Å². The Kier molecular flexibility index (Phi) is 6.54. The summed E-state index contributed by atoms with van der Waals surface area (Å²) in [6.45, 7) is 11.5. The van der Waals surface area contributed by atoms with Gasteiger partial charge >= 0.3 is 0 Å². The highest BCUT2D eigenvalue weighted by Crippen LogP contribution is 2.17. The molecule has 6 heteroatoms. The van der Waals surface area contributed by atoms with Crippen LogP contribution in [0.2, 0.25) is 0 Å². The summed E-state index contributed by atoms with van der Waals surface area (Å²) >= 11 is 0. The van der Waals surface area contributed by atoms with Crippen LogP contribution in [0, 0.1) is 11.8 Å². The normalized spacial score (nSPS) is 16.8. The lowest BCUT2D eigenvalue weighted by atomic mass is 10.0. The van der Waals surface area contributed by atoms with Crippen LogP contribution in [0.25, 0.3) is 0 Å². The van der Waals surface area contributed by atoms with E-state index in [9.17, 15) is 4.79 Å². The third-order valence-corrected chi connectivity index (χ3v) is 4.50. The Morgan fingerprint density at radius 2 is 1.92 bits per heavy atom. The number of carbonyl (C=O) groups excluding carboxylic acids is 1. The molecule has 0 bridgehead atoms. The second-order valence-corrected chi connectivity index (χ2v) is 7.47. The third kappa shape index (κ3) is 5.16.